The van der Waals surface area contributed by atoms with E-state index in [1.165, 1.54) is 36.4 Å². The highest BCUT2D eigenvalue weighted by Gasteiger charge is 2.39. The number of carbonyl (C=O) groups excluding carboxylic acids is 3. The zero-order chi connectivity index (χ0) is 46.3. The molecule has 3 saturated heterocycles. The first-order chi connectivity index (χ1) is 30.3. The van der Waals surface area contributed by atoms with Crippen molar-refractivity contribution in [2.24, 2.45) is 17.6 Å². The second kappa shape index (κ2) is 20.7. The second-order valence-electron chi connectivity index (χ2n) is 15.3. The fourth-order valence-corrected chi connectivity index (χ4v) is 7.78. The summed E-state index contributed by atoms with van der Waals surface area (Å²) in [5.74, 6) is -4.74. The summed E-state index contributed by atoms with van der Waals surface area (Å²) in [6.45, 7) is -0.271. The number of esters is 2. The smallest absolute Gasteiger partial charge is 0.490 e. The molecule has 64 heavy (non-hydrogen) atoms. The number of ether oxygens (including phenoxy) is 4. The van der Waals surface area contributed by atoms with E-state index in [1.54, 1.807) is 24.3 Å². The van der Waals surface area contributed by atoms with Crippen molar-refractivity contribution < 1.29 is 69.9 Å². The van der Waals surface area contributed by atoms with Gasteiger partial charge >= 0.3 is 30.7 Å². The lowest BCUT2D eigenvalue weighted by Crippen LogP contribution is -2.52. The molecule has 1 aromatic heterocycles. The molecule has 8 rings (SSSR count). The van der Waals surface area contributed by atoms with Crippen molar-refractivity contribution in [2.45, 2.75) is 63.1 Å². The standard InChI is InChI=1S/C41H40Cl2F2N4O8.C2HF3O2/c42-31-19-49(53)20-32(43)30(31)18-34(26-8-9-33(57-41(44)45)35(17-26)54-22-23-6-7-23)55-39(51)28-14-27(38(46)50)15-29(16-28)47-37(25-4-2-1-3-5-25)40(52)56-36-21-48-12-10-24(36)11-13-48;3-2(4,5)1(6)7/h1-5,8-9,14-17,19-20,23-24,34,36-37,41,47H,6-7,10-13,18,21-22H2,(H2,46,50);(H,6,7)/t34-,36-,37?;/m0./s1. The summed E-state index contributed by atoms with van der Waals surface area (Å²) in [5.41, 5.74) is 6.90. The predicted octanol–water partition coefficient (Wildman–Crippen LogP) is 7.68. The molecular formula is C43H41Cl2F5N4O10. The number of hydrogen-bond donors (Lipinski definition) is 3. The predicted molar refractivity (Wildman–Crippen MR) is 219 cm³/mol. The molecule has 21 heteroatoms. The SMILES string of the molecule is NC(=O)c1cc(NC(C(=O)O[C@H]2CN3CCC2CC3)c2ccccc2)cc(C(=O)O[C@@H](Cc2c(Cl)c[n+]([O-])cc2Cl)c2ccc(OC(F)F)c(OCC3CC3)c2)c1.O=C(O)C(F)(F)F. The van der Waals surface area contributed by atoms with Crippen molar-refractivity contribution in [1.29, 1.82) is 0 Å². The number of carboxylic acid groups (broad SMARTS) is 1. The normalized spacial score (nSPS) is 18.8. The van der Waals surface area contributed by atoms with Gasteiger partial charge in [-0.25, -0.2) is 14.4 Å². The molecule has 1 aliphatic carbocycles. The van der Waals surface area contributed by atoms with Crippen LogP contribution in [-0.2, 0) is 25.5 Å². The first-order valence-electron chi connectivity index (χ1n) is 19.8. The van der Waals surface area contributed by atoms with Crippen LogP contribution in [0.1, 0.15) is 75.2 Å². The highest BCUT2D eigenvalue weighted by Crippen LogP contribution is 2.39. The molecule has 3 atom stereocenters. The number of rotatable bonds is 16. The first-order valence-corrected chi connectivity index (χ1v) is 20.6. The topological polar surface area (TPSA) is 194 Å². The molecule has 1 unspecified atom stereocenters. The van der Waals surface area contributed by atoms with Gasteiger partial charge in [-0.15, -0.1) is 0 Å². The van der Waals surface area contributed by atoms with E-state index in [0.717, 1.165) is 51.2 Å². The number of hydrogen-bond acceptors (Lipinski definition) is 11. The number of amides is 1. The van der Waals surface area contributed by atoms with Crippen LogP contribution in [0.2, 0.25) is 10.0 Å². The lowest BCUT2D eigenvalue weighted by molar-refractivity contribution is -0.605. The maximum Gasteiger partial charge on any atom is 0.490 e. The molecule has 3 aliphatic heterocycles. The van der Waals surface area contributed by atoms with Gasteiger partial charge < -0.3 is 40.3 Å². The average Bonchev–Trinajstić information content (AvgIpc) is 4.08. The number of fused-ring (bicyclic) bond motifs is 3. The molecule has 4 N–H and O–H groups in total. The highest BCUT2D eigenvalue weighted by atomic mass is 35.5. The number of aliphatic carboxylic acids is 1. The Kier molecular flexibility index (Phi) is 15.4. The zero-order valence-electron chi connectivity index (χ0n) is 33.6. The number of piperidine rings is 3. The number of anilines is 1. The molecule has 4 heterocycles. The maximum absolute atomic E-state index is 14.1. The van der Waals surface area contributed by atoms with E-state index in [0.29, 0.717) is 22.4 Å². The summed E-state index contributed by atoms with van der Waals surface area (Å²) < 4.78 is 81.6. The number of halogens is 7. The number of nitrogens with two attached hydrogens (primary N) is 1. The number of benzene rings is 3. The van der Waals surface area contributed by atoms with Crippen LogP contribution in [0, 0.1) is 17.0 Å². The van der Waals surface area contributed by atoms with Crippen LogP contribution >= 0.6 is 23.2 Å². The number of primary amides is 1. The van der Waals surface area contributed by atoms with Crippen LogP contribution < -0.4 is 25.3 Å². The van der Waals surface area contributed by atoms with Crippen LogP contribution in [0.4, 0.5) is 27.6 Å². The lowest BCUT2D eigenvalue weighted by Gasteiger charge is -2.44. The monoisotopic (exact) mass is 938 g/mol. The molecule has 3 aromatic carbocycles. The third kappa shape index (κ3) is 12.8. The van der Waals surface area contributed by atoms with Gasteiger partial charge in [-0.05, 0) is 92.1 Å². The Morgan fingerprint density at radius 1 is 0.906 bits per heavy atom. The van der Waals surface area contributed by atoms with Crippen LogP contribution in [0.25, 0.3) is 0 Å². The molecule has 1 saturated carbocycles. The van der Waals surface area contributed by atoms with Crippen molar-refractivity contribution >= 4 is 52.7 Å². The van der Waals surface area contributed by atoms with E-state index in [-0.39, 0.29) is 74.9 Å². The summed E-state index contributed by atoms with van der Waals surface area (Å²) in [6, 6.07) is 16.1. The number of alkyl halides is 5. The Labute approximate surface area is 372 Å². The minimum Gasteiger partial charge on any atom is -0.619 e. The van der Waals surface area contributed by atoms with Gasteiger partial charge in [0.25, 0.3) is 0 Å². The molecule has 14 nitrogen and oxygen atoms in total. The van der Waals surface area contributed by atoms with Gasteiger partial charge in [-0.1, -0.05) is 59.6 Å². The largest absolute Gasteiger partial charge is 0.619 e. The second-order valence-corrected chi connectivity index (χ2v) is 16.1. The Hall–Kier alpha value is -5.92. The van der Waals surface area contributed by atoms with Gasteiger partial charge in [0, 0.05) is 29.8 Å². The Morgan fingerprint density at radius 2 is 1.55 bits per heavy atom. The van der Waals surface area contributed by atoms with Crippen LogP contribution in [0.3, 0.4) is 0 Å². The minimum absolute atomic E-state index is 0.00250. The third-order valence-electron chi connectivity index (χ3n) is 10.7. The van der Waals surface area contributed by atoms with Crippen LogP contribution in [-0.4, -0.2) is 79.0 Å². The first kappa shape index (κ1) is 47.6. The molecule has 4 fully saturated rings. The molecule has 0 radical (unpaired) electrons. The van der Waals surface area contributed by atoms with Crippen molar-refractivity contribution in [3.8, 4) is 11.5 Å². The van der Waals surface area contributed by atoms with E-state index in [1.807, 2.05) is 6.07 Å². The molecular weight excluding hydrogens is 898 g/mol. The molecule has 4 aromatic rings. The van der Waals surface area contributed by atoms with Crippen molar-refractivity contribution in [2.75, 3.05) is 31.6 Å². The van der Waals surface area contributed by atoms with Crippen LogP contribution in [0.15, 0.2) is 79.1 Å². The van der Waals surface area contributed by atoms with Gasteiger partial charge in [0.2, 0.25) is 5.91 Å². The summed E-state index contributed by atoms with van der Waals surface area (Å²) in [6.07, 6.45) is -0.780. The van der Waals surface area contributed by atoms with Gasteiger partial charge in [0.1, 0.15) is 22.3 Å². The van der Waals surface area contributed by atoms with Gasteiger partial charge in [0.05, 0.1) is 12.2 Å². The van der Waals surface area contributed by atoms with E-state index >= 15 is 0 Å². The molecule has 0 spiro atoms. The number of nitrogens with zero attached hydrogens (tertiary/aromatic N) is 2. The Balaban J connectivity index is 0.000000898. The Bertz CT molecular complexity index is 2310. The lowest BCUT2D eigenvalue weighted by atomic mass is 9.86. The van der Waals surface area contributed by atoms with Gasteiger partial charge in [-0.2, -0.15) is 26.7 Å². The zero-order valence-corrected chi connectivity index (χ0v) is 35.1. The highest BCUT2D eigenvalue weighted by molar-refractivity contribution is 6.35. The fourth-order valence-electron chi connectivity index (χ4n) is 7.18. The fraction of sp³-hybridized carbons (Fsp3) is 0.372. The third-order valence-corrected chi connectivity index (χ3v) is 11.3. The average molecular weight is 940 g/mol. The molecule has 342 valence electrons. The summed E-state index contributed by atoms with van der Waals surface area (Å²) in [7, 11) is 0. The number of carboxylic acids is 1. The number of aromatic nitrogens is 1. The number of pyridine rings is 1. The molecule has 2 bridgehead atoms. The summed E-state index contributed by atoms with van der Waals surface area (Å²) in [5, 5.41) is 22.3. The maximum atomic E-state index is 14.1. The van der Waals surface area contributed by atoms with Crippen molar-refractivity contribution in [3.63, 3.8) is 0 Å². The van der Waals surface area contributed by atoms with Crippen LogP contribution in [0.5, 0.6) is 11.5 Å². The number of nitrogens with one attached hydrogen (secondary N) is 1. The molecule has 4 aliphatic rings. The van der Waals surface area contributed by atoms with Crippen molar-refractivity contribution in [1.82, 2.24) is 4.90 Å². The van der Waals surface area contributed by atoms with Gasteiger partial charge in [-0.3, -0.25) is 9.69 Å². The number of carbonyl (C=O) groups is 4. The van der Waals surface area contributed by atoms with E-state index in [9.17, 15) is 41.5 Å². The van der Waals surface area contributed by atoms with E-state index in [4.69, 9.17) is 57.8 Å². The van der Waals surface area contributed by atoms with Gasteiger partial charge in [0.15, 0.2) is 29.9 Å². The van der Waals surface area contributed by atoms with E-state index < -0.39 is 48.7 Å². The summed E-state index contributed by atoms with van der Waals surface area (Å²) >= 11 is 12.9. The quantitative estimate of drug-likeness (QED) is 0.0430. The summed E-state index contributed by atoms with van der Waals surface area (Å²) in [4.78, 5) is 51.8. The van der Waals surface area contributed by atoms with E-state index in [2.05, 4.69) is 10.2 Å². The molecule has 1 amide bonds. The Morgan fingerprint density at radius 3 is 2.11 bits per heavy atom. The minimum atomic E-state index is -5.08. The van der Waals surface area contributed by atoms with Crippen molar-refractivity contribution in [3.05, 3.63) is 122 Å².